The van der Waals surface area contributed by atoms with Crippen molar-refractivity contribution in [2.24, 2.45) is 0 Å². The summed E-state index contributed by atoms with van der Waals surface area (Å²) in [6.07, 6.45) is -6.02. The molecule has 0 rings (SSSR count). The Morgan fingerprint density at radius 1 is 1.41 bits per heavy atom. The smallest absolute Gasteiger partial charge is 0.389 e. The molecular formula is C8H16F3NO4S. The quantitative estimate of drug-likeness (QED) is 0.668. The highest BCUT2D eigenvalue weighted by Gasteiger charge is 2.27. The van der Waals surface area contributed by atoms with Gasteiger partial charge in [0, 0.05) is 13.5 Å². The number of sulfonamides is 1. The zero-order valence-corrected chi connectivity index (χ0v) is 10.1. The molecule has 0 aromatic rings. The number of halogens is 3. The Balaban J connectivity index is 4.11. The van der Waals surface area contributed by atoms with Crippen LogP contribution in [0.4, 0.5) is 13.2 Å². The molecule has 1 atom stereocenters. The first-order valence-electron chi connectivity index (χ1n) is 4.86. The summed E-state index contributed by atoms with van der Waals surface area (Å²) >= 11 is 0. The minimum atomic E-state index is -4.36. The maximum absolute atomic E-state index is 11.8. The van der Waals surface area contributed by atoms with Crippen LogP contribution in [0.25, 0.3) is 0 Å². The van der Waals surface area contributed by atoms with E-state index in [2.05, 4.69) is 9.46 Å². The first-order chi connectivity index (χ1) is 7.70. The number of methoxy groups -OCH3 is 1. The van der Waals surface area contributed by atoms with Gasteiger partial charge in [0.1, 0.15) is 0 Å². The van der Waals surface area contributed by atoms with Gasteiger partial charge in [-0.25, -0.2) is 13.1 Å². The predicted octanol–water partition coefficient (Wildman–Crippen LogP) is 0.256. The fraction of sp³-hybridized carbons (Fsp3) is 1.00. The van der Waals surface area contributed by atoms with E-state index in [0.717, 1.165) is 0 Å². The predicted molar refractivity (Wildman–Crippen MR) is 55.0 cm³/mol. The molecule has 0 fully saturated rings. The molecule has 9 heteroatoms. The van der Waals surface area contributed by atoms with E-state index in [4.69, 9.17) is 5.11 Å². The molecular weight excluding hydrogens is 263 g/mol. The highest BCUT2D eigenvalue weighted by Crippen LogP contribution is 2.21. The minimum absolute atomic E-state index is 0.0466. The van der Waals surface area contributed by atoms with Crippen LogP contribution in [0, 0.1) is 0 Å². The van der Waals surface area contributed by atoms with Gasteiger partial charge in [-0.15, -0.1) is 0 Å². The monoisotopic (exact) mass is 279 g/mol. The van der Waals surface area contributed by atoms with Crippen molar-refractivity contribution in [1.82, 2.24) is 4.72 Å². The molecule has 0 heterocycles. The van der Waals surface area contributed by atoms with Gasteiger partial charge in [-0.2, -0.15) is 13.2 Å². The fourth-order valence-corrected chi connectivity index (χ4v) is 2.39. The first kappa shape index (κ1) is 16.6. The number of nitrogens with one attached hydrogen (secondary N) is 1. The largest absolute Gasteiger partial charge is 0.395 e. The topological polar surface area (TPSA) is 75.6 Å². The summed E-state index contributed by atoms with van der Waals surface area (Å²) in [6, 6.07) is -0.837. The number of aliphatic hydroxyl groups excluding tert-OH is 1. The van der Waals surface area contributed by atoms with Crippen molar-refractivity contribution in [1.29, 1.82) is 0 Å². The molecule has 0 radical (unpaired) electrons. The Kier molecular flexibility index (Phi) is 6.98. The number of hydrogen-bond donors (Lipinski definition) is 2. The van der Waals surface area contributed by atoms with E-state index in [1.54, 1.807) is 0 Å². The summed E-state index contributed by atoms with van der Waals surface area (Å²) < 4.78 is 64.7. The van der Waals surface area contributed by atoms with Gasteiger partial charge in [-0.05, 0) is 6.42 Å². The molecule has 0 saturated carbocycles. The third kappa shape index (κ3) is 9.33. The van der Waals surface area contributed by atoms with Crippen molar-refractivity contribution in [3.8, 4) is 0 Å². The number of rotatable bonds is 8. The zero-order valence-electron chi connectivity index (χ0n) is 9.33. The number of aliphatic hydroxyl groups is 1. The Morgan fingerprint density at radius 3 is 2.41 bits per heavy atom. The Bertz CT molecular complexity index is 304. The normalized spacial score (nSPS) is 14.9. The molecule has 1 unspecified atom stereocenters. The van der Waals surface area contributed by atoms with Crippen LogP contribution in [0.5, 0.6) is 0 Å². The van der Waals surface area contributed by atoms with Crippen molar-refractivity contribution in [2.45, 2.75) is 25.1 Å². The maximum Gasteiger partial charge on any atom is 0.389 e. The molecule has 0 saturated heterocycles. The lowest BCUT2D eigenvalue weighted by molar-refractivity contribution is -0.134. The van der Waals surface area contributed by atoms with E-state index in [-0.39, 0.29) is 6.61 Å². The van der Waals surface area contributed by atoms with E-state index in [1.165, 1.54) is 7.11 Å². The van der Waals surface area contributed by atoms with Crippen LogP contribution in [0.15, 0.2) is 0 Å². The number of hydrogen-bond acceptors (Lipinski definition) is 4. The van der Waals surface area contributed by atoms with Gasteiger partial charge in [0.25, 0.3) is 0 Å². The van der Waals surface area contributed by atoms with Gasteiger partial charge in [0.2, 0.25) is 10.0 Å². The van der Waals surface area contributed by atoms with E-state index < -0.39 is 47.4 Å². The van der Waals surface area contributed by atoms with Crippen molar-refractivity contribution in [2.75, 3.05) is 26.1 Å². The second kappa shape index (κ2) is 7.14. The third-order valence-electron chi connectivity index (χ3n) is 1.81. The van der Waals surface area contributed by atoms with Crippen molar-refractivity contribution < 1.29 is 31.4 Å². The number of ether oxygens (including phenoxy) is 1. The van der Waals surface area contributed by atoms with Gasteiger partial charge in [-0.3, -0.25) is 0 Å². The van der Waals surface area contributed by atoms with Gasteiger partial charge in [0.15, 0.2) is 0 Å². The summed E-state index contributed by atoms with van der Waals surface area (Å²) in [5, 5.41) is 8.79. The highest BCUT2D eigenvalue weighted by atomic mass is 32.2. The second-order valence-electron chi connectivity index (χ2n) is 3.49. The molecule has 0 aromatic carbocycles. The Labute approximate surface area is 98.0 Å². The molecule has 104 valence electrons. The lowest BCUT2D eigenvalue weighted by atomic mass is 10.3. The zero-order chi connectivity index (χ0) is 13.5. The van der Waals surface area contributed by atoms with E-state index >= 15 is 0 Å². The minimum Gasteiger partial charge on any atom is -0.395 e. The number of alkyl halides is 3. The lowest BCUT2D eigenvalue weighted by Crippen LogP contribution is -2.41. The summed E-state index contributed by atoms with van der Waals surface area (Å²) in [6.45, 7) is -0.526. The van der Waals surface area contributed by atoms with Crippen LogP contribution in [-0.4, -0.2) is 51.8 Å². The average Bonchev–Trinajstić information content (AvgIpc) is 2.14. The van der Waals surface area contributed by atoms with Crippen molar-refractivity contribution >= 4 is 10.0 Å². The van der Waals surface area contributed by atoms with Crippen LogP contribution in [0.3, 0.4) is 0 Å². The van der Waals surface area contributed by atoms with Crippen LogP contribution in [-0.2, 0) is 14.8 Å². The molecule has 0 amide bonds. The van der Waals surface area contributed by atoms with E-state index in [9.17, 15) is 21.6 Å². The second-order valence-corrected chi connectivity index (χ2v) is 5.36. The molecule has 17 heavy (non-hydrogen) atoms. The molecule has 2 N–H and O–H groups in total. The summed E-state index contributed by atoms with van der Waals surface area (Å²) in [7, 11) is -2.51. The molecule has 0 aliphatic rings. The average molecular weight is 279 g/mol. The highest BCUT2D eigenvalue weighted by molar-refractivity contribution is 7.89. The summed E-state index contributed by atoms with van der Waals surface area (Å²) in [5.74, 6) is -0.632. The van der Waals surface area contributed by atoms with Crippen LogP contribution in [0.2, 0.25) is 0 Å². The van der Waals surface area contributed by atoms with E-state index in [0.29, 0.717) is 0 Å². The molecule has 0 aromatic heterocycles. The Hall–Kier alpha value is -0.380. The van der Waals surface area contributed by atoms with Crippen LogP contribution >= 0.6 is 0 Å². The Morgan fingerprint density at radius 2 is 2.00 bits per heavy atom. The SMILES string of the molecule is COCC(CO)NS(=O)(=O)CCCC(F)(F)F. The molecule has 0 aliphatic heterocycles. The van der Waals surface area contributed by atoms with Crippen LogP contribution in [0.1, 0.15) is 12.8 Å². The fourth-order valence-electron chi connectivity index (χ4n) is 1.10. The molecule has 0 spiro atoms. The summed E-state index contributed by atoms with van der Waals surface area (Å²) in [4.78, 5) is 0. The van der Waals surface area contributed by atoms with Gasteiger partial charge in [-0.1, -0.05) is 0 Å². The molecule has 0 bridgehead atoms. The van der Waals surface area contributed by atoms with Gasteiger partial charge in [0.05, 0.1) is 25.0 Å². The molecule has 5 nitrogen and oxygen atoms in total. The maximum atomic E-state index is 11.8. The van der Waals surface area contributed by atoms with Gasteiger partial charge < -0.3 is 9.84 Å². The van der Waals surface area contributed by atoms with Crippen molar-refractivity contribution in [3.05, 3.63) is 0 Å². The first-order valence-corrected chi connectivity index (χ1v) is 6.52. The lowest BCUT2D eigenvalue weighted by Gasteiger charge is -2.15. The summed E-state index contributed by atoms with van der Waals surface area (Å²) in [5.41, 5.74) is 0. The standard InChI is InChI=1S/C8H16F3NO4S/c1-16-6-7(5-13)12-17(14,15)4-2-3-8(9,10)11/h7,12-13H,2-6H2,1H3. The van der Waals surface area contributed by atoms with Gasteiger partial charge >= 0.3 is 6.18 Å². The van der Waals surface area contributed by atoms with Crippen LogP contribution < -0.4 is 4.72 Å². The third-order valence-corrected chi connectivity index (χ3v) is 3.33. The van der Waals surface area contributed by atoms with E-state index in [1.807, 2.05) is 0 Å². The van der Waals surface area contributed by atoms with Crippen molar-refractivity contribution in [3.63, 3.8) is 0 Å². The molecule has 0 aliphatic carbocycles.